The van der Waals surface area contributed by atoms with Crippen molar-refractivity contribution in [3.63, 3.8) is 0 Å². The van der Waals surface area contributed by atoms with Gasteiger partial charge in [-0.2, -0.15) is 0 Å². The van der Waals surface area contributed by atoms with E-state index in [9.17, 15) is 17.6 Å². The van der Waals surface area contributed by atoms with Crippen molar-refractivity contribution in [2.45, 2.75) is 37.5 Å². The monoisotopic (exact) mass is 314 g/mol. The maximum absolute atomic E-state index is 12.8. The van der Waals surface area contributed by atoms with Crippen LogP contribution in [-0.2, 0) is 14.6 Å². The van der Waals surface area contributed by atoms with E-state index in [1.807, 2.05) is 0 Å². The molecule has 1 aromatic rings. The number of Topliss-reactive ketones (excluding diaryl/α,β-unsaturated/α-hetero) is 1. The quantitative estimate of drug-likeness (QED) is 0.756. The van der Waals surface area contributed by atoms with Crippen molar-refractivity contribution in [1.29, 1.82) is 0 Å². The Morgan fingerprint density at radius 1 is 1.33 bits per heavy atom. The molecule has 1 aliphatic rings. The molecule has 0 radical (unpaired) electrons. The van der Waals surface area contributed by atoms with Gasteiger partial charge in [0.05, 0.1) is 17.1 Å². The van der Waals surface area contributed by atoms with Gasteiger partial charge in [-0.1, -0.05) is 0 Å². The molecule has 2 atom stereocenters. The van der Waals surface area contributed by atoms with Crippen LogP contribution in [0, 0.1) is 5.82 Å². The van der Waals surface area contributed by atoms with Crippen molar-refractivity contribution in [2.24, 2.45) is 0 Å². The van der Waals surface area contributed by atoms with Gasteiger partial charge < -0.3 is 4.74 Å². The molecule has 1 aromatic carbocycles. The minimum atomic E-state index is -3.23. The van der Waals surface area contributed by atoms with E-state index in [0.29, 0.717) is 18.6 Å². The number of hydrogen-bond acceptors (Lipinski definition) is 4. The van der Waals surface area contributed by atoms with Crippen LogP contribution < -0.4 is 0 Å². The van der Waals surface area contributed by atoms with Crippen LogP contribution >= 0.6 is 0 Å². The minimum absolute atomic E-state index is 0.0156. The predicted octanol–water partition coefficient (Wildman–Crippen LogP) is 2.38. The third-order valence-electron chi connectivity index (χ3n) is 3.77. The van der Waals surface area contributed by atoms with Gasteiger partial charge in [0.25, 0.3) is 0 Å². The van der Waals surface area contributed by atoms with Gasteiger partial charge >= 0.3 is 0 Å². The summed E-state index contributed by atoms with van der Waals surface area (Å²) in [5.41, 5.74) is 0.409. The molecule has 2 unspecified atom stereocenters. The van der Waals surface area contributed by atoms with Crippen LogP contribution in [0.2, 0.25) is 0 Å². The molecule has 0 aliphatic carbocycles. The second kappa shape index (κ2) is 6.66. The summed E-state index contributed by atoms with van der Waals surface area (Å²) in [7, 11) is -3.23. The van der Waals surface area contributed by atoms with E-state index in [0.717, 1.165) is 0 Å². The van der Waals surface area contributed by atoms with E-state index >= 15 is 0 Å². The first kappa shape index (κ1) is 16.1. The summed E-state index contributed by atoms with van der Waals surface area (Å²) in [5, 5.41) is -0.460. The normalized spacial score (nSPS) is 22.4. The summed E-state index contributed by atoms with van der Waals surface area (Å²) < 4.78 is 42.4. The van der Waals surface area contributed by atoms with Crippen molar-refractivity contribution in [3.8, 4) is 0 Å². The van der Waals surface area contributed by atoms with Crippen LogP contribution in [-0.4, -0.2) is 37.9 Å². The average molecular weight is 314 g/mol. The molecular weight excluding hydrogens is 295 g/mol. The fraction of sp³-hybridized carbons (Fsp3) is 0.533. The van der Waals surface area contributed by atoms with Crippen LogP contribution in [0.3, 0.4) is 0 Å². The predicted molar refractivity (Wildman–Crippen MR) is 77.6 cm³/mol. The smallest absolute Gasteiger partial charge is 0.162 e. The highest BCUT2D eigenvalue weighted by molar-refractivity contribution is 7.92. The lowest BCUT2D eigenvalue weighted by Crippen LogP contribution is -2.30. The molecule has 2 rings (SSSR count). The molecule has 21 heavy (non-hydrogen) atoms. The highest BCUT2D eigenvalue weighted by Gasteiger charge is 2.35. The second-order valence-corrected chi connectivity index (χ2v) is 7.64. The van der Waals surface area contributed by atoms with Crippen LogP contribution in [0.4, 0.5) is 4.39 Å². The van der Waals surface area contributed by atoms with Gasteiger partial charge in [0.15, 0.2) is 15.6 Å². The number of halogens is 1. The van der Waals surface area contributed by atoms with Gasteiger partial charge in [0.1, 0.15) is 5.82 Å². The van der Waals surface area contributed by atoms with Crippen molar-refractivity contribution in [2.75, 3.05) is 12.4 Å². The zero-order valence-corrected chi connectivity index (χ0v) is 12.7. The number of carbonyl (C=O) groups excluding carboxylic acids is 1. The first-order valence-electron chi connectivity index (χ1n) is 7.02. The Morgan fingerprint density at radius 2 is 2.00 bits per heavy atom. The number of sulfone groups is 1. The molecule has 0 spiro atoms. The minimum Gasteiger partial charge on any atom is -0.377 e. The highest BCUT2D eigenvalue weighted by atomic mass is 32.2. The number of rotatable bonds is 6. The molecule has 0 aromatic heterocycles. The SMILES string of the molecule is CC1OCCC1S(=O)(=O)CCCC(=O)c1ccc(F)cc1. The summed E-state index contributed by atoms with van der Waals surface area (Å²) in [6.45, 7) is 2.23. The van der Waals surface area contributed by atoms with Crippen LogP contribution in [0.25, 0.3) is 0 Å². The number of ketones is 1. The van der Waals surface area contributed by atoms with E-state index < -0.39 is 20.9 Å². The largest absolute Gasteiger partial charge is 0.377 e. The van der Waals surface area contributed by atoms with Gasteiger partial charge in [0.2, 0.25) is 0 Å². The first-order chi connectivity index (χ1) is 9.90. The topological polar surface area (TPSA) is 60.4 Å². The number of benzene rings is 1. The molecule has 1 heterocycles. The maximum atomic E-state index is 12.8. The standard InChI is InChI=1S/C15H19FO4S/c1-11-15(8-9-20-11)21(18,19)10-2-3-14(17)12-4-6-13(16)7-5-12/h4-7,11,15H,2-3,8-10H2,1H3. The van der Waals surface area contributed by atoms with Crippen LogP contribution in [0.5, 0.6) is 0 Å². The third kappa shape index (κ3) is 4.11. The summed E-state index contributed by atoms with van der Waals surface area (Å²) in [5.74, 6) is -0.580. The van der Waals surface area contributed by atoms with Gasteiger partial charge in [-0.25, -0.2) is 12.8 Å². The molecule has 4 nitrogen and oxygen atoms in total. The first-order valence-corrected chi connectivity index (χ1v) is 8.73. The number of hydrogen-bond donors (Lipinski definition) is 0. The molecular formula is C15H19FO4S. The zero-order chi connectivity index (χ0) is 15.5. The molecule has 1 saturated heterocycles. The molecule has 1 fully saturated rings. The maximum Gasteiger partial charge on any atom is 0.162 e. The molecule has 0 N–H and O–H groups in total. The lowest BCUT2D eigenvalue weighted by Gasteiger charge is -2.14. The van der Waals surface area contributed by atoms with Gasteiger partial charge in [0, 0.05) is 18.6 Å². The number of carbonyl (C=O) groups is 1. The van der Waals surface area contributed by atoms with Gasteiger partial charge in [-0.3, -0.25) is 4.79 Å². The van der Waals surface area contributed by atoms with E-state index in [-0.39, 0.29) is 30.5 Å². The van der Waals surface area contributed by atoms with Crippen molar-refractivity contribution < 1.29 is 22.3 Å². The van der Waals surface area contributed by atoms with Crippen LogP contribution in [0.1, 0.15) is 36.5 Å². The van der Waals surface area contributed by atoms with Crippen molar-refractivity contribution >= 4 is 15.6 Å². The Kier molecular flexibility index (Phi) is 5.11. The van der Waals surface area contributed by atoms with Gasteiger partial charge in [-0.05, 0) is 44.0 Å². The van der Waals surface area contributed by atoms with E-state index in [1.54, 1.807) is 6.92 Å². The average Bonchev–Trinajstić information content (AvgIpc) is 2.86. The van der Waals surface area contributed by atoms with Crippen molar-refractivity contribution in [1.82, 2.24) is 0 Å². The fourth-order valence-corrected chi connectivity index (χ4v) is 4.52. The summed E-state index contributed by atoms with van der Waals surface area (Å²) >= 11 is 0. The Morgan fingerprint density at radius 3 is 2.57 bits per heavy atom. The van der Waals surface area contributed by atoms with E-state index in [2.05, 4.69) is 0 Å². The number of ether oxygens (including phenoxy) is 1. The van der Waals surface area contributed by atoms with Gasteiger partial charge in [-0.15, -0.1) is 0 Å². The summed E-state index contributed by atoms with van der Waals surface area (Å²) in [4.78, 5) is 11.9. The van der Waals surface area contributed by atoms with E-state index in [4.69, 9.17) is 4.74 Å². The van der Waals surface area contributed by atoms with Crippen LogP contribution in [0.15, 0.2) is 24.3 Å². The Balaban J connectivity index is 1.86. The Labute approximate surface area is 124 Å². The molecule has 0 amide bonds. The lowest BCUT2D eigenvalue weighted by atomic mass is 10.1. The van der Waals surface area contributed by atoms with Crippen molar-refractivity contribution in [3.05, 3.63) is 35.6 Å². The van der Waals surface area contributed by atoms with E-state index in [1.165, 1.54) is 24.3 Å². The molecule has 6 heteroatoms. The second-order valence-electron chi connectivity index (χ2n) is 5.30. The summed E-state index contributed by atoms with van der Waals surface area (Å²) in [6, 6.07) is 5.28. The Bertz CT molecular complexity index is 595. The molecule has 0 saturated carbocycles. The molecule has 116 valence electrons. The zero-order valence-electron chi connectivity index (χ0n) is 11.9. The lowest BCUT2D eigenvalue weighted by molar-refractivity contribution is 0.0982. The Hall–Kier alpha value is -1.27. The molecule has 1 aliphatic heterocycles. The highest BCUT2D eigenvalue weighted by Crippen LogP contribution is 2.22. The molecule has 0 bridgehead atoms. The summed E-state index contributed by atoms with van der Waals surface area (Å²) in [6.07, 6.45) is 0.673. The third-order valence-corrected chi connectivity index (χ3v) is 6.17. The fourth-order valence-electron chi connectivity index (χ4n) is 2.55.